The van der Waals surface area contributed by atoms with E-state index in [1.165, 1.54) is 31.4 Å². The quantitative estimate of drug-likeness (QED) is 0.586. The minimum Gasteiger partial charge on any atom is -0.396 e. The molecule has 1 aliphatic carbocycles. The van der Waals surface area contributed by atoms with Crippen molar-refractivity contribution in [3.8, 4) is 11.3 Å². The van der Waals surface area contributed by atoms with Crippen molar-refractivity contribution >= 4 is 23.4 Å². The molecule has 0 unspecified atom stereocenters. The van der Waals surface area contributed by atoms with E-state index in [1.807, 2.05) is 6.07 Å². The summed E-state index contributed by atoms with van der Waals surface area (Å²) in [5.41, 5.74) is 12.8. The highest BCUT2D eigenvalue weighted by atomic mass is 19.1. The summed E-state index contributed by atoms with van der Waals surface area (Å²) < 4.78 is 14.0. The summed E-state index contributed by atoms with van der Waals surface area (Å²) >= 11 is 0. The number of anilines is 3. The van der Waals surface area contributed by atoms with Gasteiger partial charge in [0, 0.05) is 30.3 Å². The molecular weight excluding hydrogens is 419 g/mol. The monoisotopic (exact) mass is 454 g/mol. The summed E-state index contributed by atoms with van der Waals surface area (Å²) in [5, 5.41) is 3.30. The van der Waals surface area contributed by atoms with Crippen LogP contribution in [0.5, 0.6) is 0 Å². The molecule has 4 rings (SSSR count). The van der Waals surface area contributed by atoms with Crippen LogP contribution in [0.4, 0.5) is 21.8 Å². The number of hydrogen-bond donors (Lipinski definition) is 3. The number of benzene rings is 1. The summed E-state index contributed by atoms with van der Waals surface area (Å²) in [6, 6.07) is 6.89. The second-order valence-electron chi connectivity index (χ2n) is 9.62. The minimum absolute atomic E-state index is 0.0858. The summed E-state index contributed by atoms with van der Waals surface area (Å²) in [4.78, 5) is 23.9. The molecule has 1 amide bonds. The Morgan fingerprint density at radius 1 is 1.12 bits per heavy atom. The number of rotatable bonds is 5. The number of hydrogen-bond acceptors (Lipinski definition) is 6. The number of aromatic nitrogens is 2. The molecule has 8 heteroatoms. The average Bonchev–Trinajstić information content (AvgIpc) is 2.81. The highest BCUT2D eigenvalue weighted by Crippen LogP contribution is 2.31. The van der Waals surface area contributed by atoms with Gasteiger partial charge in [0.15, 0.2) is 0 Å². The predicted octanol–water partition coefficient (Wildman–Crippen LogP) is 4.14. The van der Waals surface area contributed by atoms with Crippen LogP contribution in [-0.2, 0) is 4.79 Å². The first-order valence-electron chi connectivity index (χ1n) is 12.1. The average molecular weight is 455 g/mol. The van der Waals surface area contributed by atoms with Gasteiger partial charge in [-0.1, -0.05) is 19.4 Å². The van der Waals surface area contributed by atoms with E-state index in [2.05, 4.69) is 34.0 Å². The van der Waals surface area contributed by atoms with Crippen molar-refractivity contribution in [3.63, 3.8) is 0 Å². The van der Waals surface area contributed by atoms with Crippen molar-refractivity contribution in [1.29, 1.82) is 0 Å². The highest BCUT2D eigenvalue weighted by molar-refractivity contribution is 5.80. The number of piperidine rings is 1. The van der Waals surface area contributed by atoms with Gasteiger partial charge in [0.25, 0.3) is 0 Å². The largest absolute Gasteiger partial charge is 0.396 e. The van der Waals surface area contributed by atoms with Crippen LogP contribution in [0.25, 0.3) is 11.3 Å². The zero-order chi connectivity index (χ0) is 23.5. The van der Waals surface area contributed by atoms with Gasteiger partial charge in [-0.05, 0) is 63.5 Å². The number of nitrogens with one attached hydrogen (secondary N) is 1. The Hall–Kier alpha value is -2.90. The fraction of sp³-hybridized carbons (Fsp3) is 0.560. The van der Waals surface area contributed by atoms with Gasteiger partial charge in [-0.2, -0.15) is 4.98 Å². The molecular formula is C25H35FN6O. The molecule has 33 heavy (non-hydrogen) atoms. The third-order valence-corrected chi connectivity index (χ3v) is 7.34. The van der Waals surface area contributed by atoms with Crippen molar-refractivity contribution in [1.82, 2.24) is 15.3 Å². The molecule has 1 aliphatic heterocycles. The van der Waals surface area contributed by atoms with E-state index in [9.17, 15) is 9.18 Å². The molecule has 1 saturated carbocycles. The first kappa shape index (κ1) is 23.3. The fourth-order valence-corrected chi connectivity index (χ4v) is 5.11. The number of amides is 1. The van der Waals surface area contributed by atoms with E-state index in [4.69, 9.17) is 11.5 Å². The number of carbonyl (C=O) groups is 1. The zero-order valence-electron chi connectivity index (χ0n) is 19.6. The van der Waals surface area contributed by atoms with Crippen LogP contribution < -0.4 is 21.7 Å². The topological polar surface area (TPSA) is 110 Å². The Kier molecular flexibility index (Phi) is 7.00. The maximum atomic E-state index is 14.0. The summed E-state index contributed by atoms with van der Waals surface area (Å²) in [6.07, 6.45) is 7.50. The number of halogens is 1. The molecule has 2 aromatic rings. The maximum Gasteiger partial charge on any atom is 0.225 e. The molecule has 1 aromatic carbocycles. The van der Waals surface area contributed by atoms with E-state index >= 15 is 0 Å². The molecule has 5 N–H and O–H groups in total. The van der Waals surface area contributed by atoms with Crippen LogP contribution >= 0.6 is 0 Å². The molecule has 0 bridgehead atoms. The van der Waals surface area contributed by atoms with E-state index in [0.29, 0.717) is 23.6 Å². The molecule has 2 heterocycles. The van der Waals surface area contributed by atoms with E-state index in [1.54, 1.807) is 6.07 Å². The normalized spacial score (nSPS) is 25.6. The van der Waals surface area contributed by atoms with Gasteiger partial charge < -0.3 is 21.7 Å². The van der Waals surface area contributed by atoms with E-state index in [0.717, 1.165) is 31.6 Å². The molecule has 2 atom stereocenters. The van der Waals surface area contributed by atoms with Gasteiger partial charge in [0.1, 0.15) is 11.6 Å². The van der Waals surface area contributed by atoms with Crippen molar-refractivity contribution in [2.75, 3.05) is 22.9 Å². The van der Waals surface area contributed by atoms with Crippen molar-refractivity contribution in [3.05, 3.63) is 30.1 Å². The van der Waals surface area contributed by atoms with Crippen molar-refractivity contribution in [2.24, 2.45) is 11.8 Å². The minimum atomic E-state index is -0.498. The molecule has 1 aromatic heterocycles. The summed E-state index contributed by atoms with van der Waals surface area (Å²) in [7, 11) is 0. The molecule has 2 aliphatic rings. The van der Waals surface area contributed by atoms with Gasteiger partial charge in [-0.15, -0.1) is 0 Å². The lowest BCUT2D eigenvalue weighted by molar-refractivity contribution is -0.126. The van der Waals surface area contributed by atoms with Crippen LogP contribution in [0.1, 0.15) is 58.8 Å². The predicted molar refractivity (Wildman–Crippen MR) is 130 cm³/mol. The zero-order valence-corrected chi connectivity index (χ0v) is 19.6. The third-order valence-electron chi connectivity index (χ3n) is 7.34. The number of nitrogens with two attached hydrogens (primary N) is 2. The molecule has 7 nitrogen and oxygen atoms in total. The first-order chi connectivity index (χ1) is 15.8. The Morgan fingerprint density at radius 2 is 1.88 bits per heavy atom. The SMILES string of the molecule is CCC1CCC(NC(=O)[C@H]2CC[C@@H](C)N(c3cc(-c4ccc(N)c(F)c4)nc(N)n3)C2)CC1. The first-order valence-corrected chi connectivity index (χ1v) is 12.1. The molecule has 0 radical (unpaired) electrons. The third kappa shape index (κ3) is 5.37. The smallest absolute Gasteiger partial charge is 0.225 e. The number of nitrogens with zero attached hydrogens (tertiary/aromatic N) is 3. The molecule has 0 spiro atoms. The number of carbonyl (C=O) groups excluding carboxylic acids is 1. The van der Waals surface area contributed by atoms with E-state index in [-0.39, 0.29) is 35.5 Å². The molecule has 178 valence electrons. The van der Waals surface area contributed by atoms with Crippen molar-refractivity contribution in [2.45, 2.75) is 70.9 Å². The van der Waals surface area contributed by atoms with Crippen LogP contribution in [0.3, 0.4) is 0 Å². The lowest BCUT2D eigenvalue weighted by Crippen LogP contribution is -2.49. The van der Waals surface area contributed by atoms with Gasteiger partial charge in [-0.25, -0.2) is 9.37 Å². The molecule has 2 fully saturated rings. The Balaban J connectivity index is 1.48. The van der Waals surface area contributed by atoms with Crippen LogP contribution in [0, 0.1) is 17.7 Å². The standard InChI is InChI=1S/C25H35FN6O/c1-3-16-5-9-19(10-6-16)29-24(33)18-7-4-15(2)32(14-18)23-13-22(30-25(28)31-23)17-8-11-21(27)20(26)12-17/h8,11-13,15-16,18-19H,3-7,9-10,14,27H2,1-2H3,(H,29,33)(H2,28,30,31)/t15-,16?,18+,19?/m1/s1. The lowest BCUT2D eigenvalue weighted by Gasteiger charge is -2.39. The van der Waals surface area contributed by atoms with Crippen molar-refractivity contribution < 1.29 is 9.18 Å². The van der Waals surface area contributed by atoms with Gasteiger partial charge in [0.05, 0.1) is 17.3 Å². The summed E-state index contributed by atoms with van der Waals surface area (Å²) in [5.74, 6) is 1.11. The van der Waals surface area contributed by atoms with Gasteiger partial charge in [-0.3, -0.25) is 4.79 Å². The second-order valence-corrected chi connectivity index (χ2v) is 9.62. The lowest BCUT2D eigenvalue weighted by atomic mass is 9.84. The maximum absolute atomic E-state index is 14.0. The van der Waals surface area contributed by atoms with Crippen LogP contribution in [0.15, 0.2) is 24.3 Å². The van der Waals surface area contributed by atoms with Gasteiger partial charge in [0.2, 0.25) is 11.9 Å². The molecule has 1 saturated heterocycles. The van der Waals surface area contributed by atoms with Crippen LogP contribution in [0.2, 0.25) is 0 Å². The number of nitrogen functional groups attached to an aromatic ring is 2. The Bertz CT molecular complexity index is 991. The second kappa shape index (κ2) is 9.93. The Labute approximate surface area is 195 Å². The summed E-state index contributed by atoms with van der Waals surface area (Å²) in [6.45, 7) is 4.95. The highest BCUT2D eigenvalue weighted by Gasteiger charge is 2.32. The fourth-order valence-electron chi connectivity index (χ4n) is 5.11. The van der Waals surface area contributed by atoms with E-state index < -0.39 is 5.82 Å². The Morgan fingerprint density at radius 3 is 2.58 bits per heavy atom. The van der Waals surface area contributed by atoms with Gasteiger partial charge >= 0.3 is 0 Å². The van der Waals surface area contributed by atoms with Crippen LogP contribution in [-0.4, -0.2) is 34.5 Å².